The predicted molar refractivity (Wildman–Crippen MR) is 26.4 cm³/mol. The molecule has 5 nitrogen and oxygen atoms in total. The van der Waals surface area contributed by atoms with Crippen LogP contribution in [0.4, 0.5) is 0 Å². The van der Waals surface area contributed by atoms with Crippen molar-refractivity contribution in [1.82, 2.24) is 0 Å². The Bertz CT molecular complexity index is 58.6. The van der Waals surface area contributed by atoms with Gasteiger partial charge in [0, 0.05) is 19.5 Å². The van der Waals surface area contributed by atoms with E-state index in [1.54, 1.807) is 0 Å². The van der Waals surface area contributed by atoms with E-state index in [4.69, 9.17) is 19.2 Å². The van der Waals surface area contributed by atoms with Gasteiger partial charge in [0.15, 0.2) is 0 Å². The molecule has 46 valence electrons. The minimum Gasteiger partial charge on any atom is 0 e. The minimum absolute atomic E-state index is 0. The molecular weight excluding hydrogens is 216 g/mol. The molecule has 0 saturated carbocycles. The molecule has 8 heavy (non-hydrogen) atoms. The average molecular weight is 223 g/mol. The van der Waals surface area contributed by atoms with Crippen molar-refractivity contribution in [2.24, 2.45) is 0 Å². The van der Waals surface area contributed by atoms with E-state index < -0.39 is 7.82 Å². The molecule has 5 N–H and O–H groups in total. The first-order valence-electron chi connectivity index (χ1n) is 0.783. The van der Waals surface area contributed by atoms with Gasteiger partial charge in [0.05, 0.1) is 0 Å². The van der Waals surface area contributed by atoms with Crippen LogP contribution in [0.5, 0.6) is 0 Å². The molecule has 0 aromatic carbocycles. The normalized spacial score (nSPS) is 7.38. The third-order valence-corrected chi connectivity index (χ3v) is 0. The number of phosphoric acid groups is 1. The molecule has 0 aromatic rings. The molecule has 0 unspecified atom stereocenters. The van der Waals surface area contributed by atoms with Gasteiger partial charge in [-0.25, -0.2) is 4.57 Å². The molecule has 0 amide bonds. The Kier molecular flexibility index (Phi) is 25.2. The van der Waals surface area contributed by atoms with Crippen LogP contribution < -0.4 is 0 Å². The van der Waals surface area contributed by atoms with Crippen LogP contribution in [0, 0.1) is 0 Å². The third kappa shape index (κ3) is 101. The van der Waals surface area contributed by atoms with Crippen LogP contribution in [0.2, 0.25) is 0 Å². The average Bonchev–Trinajstić information content (AvgIpc) is 0.722. The topological polar surface area (TPSA) is 109 Å². The summed E-state index contributed by atoms with van der Waals surface area (Å²) in [6.45, 7) is 0. The summed E-state index contributed by atoms with van der Waals surface area (Å²) in [6, 6.07) is 0. The van der Waals surface area contributed by atoms with E-state index in [9.17, 15) is 0 Å². The van der Waals surface area contributed by atoms with E-state index in [1.165, 1.54) is 0 Å². The van der Waals surface area contributed by atoms with Gasteiger partial charge in [-0.15, -0.1) is 0 Å². The van der Waals surface area contributed by atoms with E-state index in [-0.39, 0.29) is 62.7 Å². The van der Waals surface area contributed by atoms with Gasteiger partial charge in [-0.3, -0.25) is 0 Å². The van der Waals surface area contributed by atoms with Gasteiger partial charge in [0.25, 0.3) is 0 Å². The summed E-state index contributed by atoms with van der Waals surface area (Å²) in [5, 5.41) is 0. The van der Waals surface area contributed by atoms with Gasteiger partial charge in [-0.2, -0.15) is 0 Å². The van der Waals surface area contributed by atoms with E-state index in [2.05, 4.69) is 0 Å². The zero-order valence-corrected chi connectivity index (χ0v) is 7.27. The molecule has 0 aliphatic rings. The minimum atomic E-state index is -4.64. The second kappa shape index (κ2) is 8.95. The van der Waals surface area contributed by atoms with Crippen molar-refractivity contribution in [3.8, 4) is 0 Å². The monoisotopic (exact) mass is 222 g/mol. The molecule has 0 atom stereocenters. The molecule has 0 radical (unpaired) electrons. The molecule has 0 spiro atoms. The van der Waals surface area contributed by atoms with Gasteiger partial charge < -0.3 is 20.2 Å². The van der Waals surface area contributed by atoms with Crippen LogP contribution in [-0.4, -0.2) is 57.9 Å². The summed E-state index contributed by atoms with van der Waals surface area (Å²) in [5.41, 5.74) is 0. The van der Waals surface area contributed by atoms with Crippen LogP contribution in [0.25, 0.3) is 0 Å². The van der Waals surface area contributed by atoms with Crippen molar-refractivity contribution in [2.75, 3.05) is 0 Å². The smallest absolute Gasteiger partial charge is 0 e. The first-order valence-corrected chi connectivity index (χ1v) is 2.35. The van der Waals surface area contributed by atoms with Crippen LogP contribution in [0.1, 0.15) is 0 Å². The van der Waals surface area contributed by atoms with E-state index in [0.717, 1.165) is 0 Å². The summed E-state index contributed by atoms with van der Waals surface area (Å²) in [5.74, 6) is 0. The van der Waals surface area contributed by atoms with Crippen molar-refractivity contribution in [3.05, 3.63) is 0 Å². The maximum Gasteiger partial charge on any atom is 0 e. The summed E-state index contributed by atoms with van der Waals surface area (Å²) in [7, 11) is -4.64. The third-order valence-electron chi connectivity index (χ3n) is 0. The zero-order valence-electron chi connectivity index (χ0n) is 3.40. The second-order valence-corrected chi connectivity index (χ2v) is 1.54. The molecule has 0 saturated heterocycles. The molecule has 0 rings (SSSR count). The van der Waals surface area contributed by atoms with Crippen LogP contribution in [0.15, 0.2) is 0 Å². The second-order valence-electron chi connectivity index (χ2n) is 0.513. The Morgan fingerprint density at radius 2 is 1.12 bits per heavy atom. The van der Waals surface area contributed by atoms with Gasteiger partial charge in [-0.05, 0) is 0 Å². The van der Waals surface area contributed by atoms with Gasteiger partial charge in [0.2, 0.25) is 0 Å². The molecular formula is H7CaO5PZn. The molecule has 0 fully saturated rings. The van der Waals surface area contributed by atoms with Crippen LogP contribution in [-0.2, 0) is 24.0 Å². The first-order chi connectivity index (χ1) is 2.00. The SMILES string of the molecule is O.O=P(O)(O)O.[CaH2].[Zn]. The number of hydrogen-bond acceptors (Lipinski definition) is 1. The van der Waals surface area contributed by atoms with E-state index in [0.29, 0.717) is 0 Å². The predicted octanol–water partition coefficient (Wildman–Crippen LogP) is -2.67. The van der Waals surface area contributed by atoms with E-state index in [1.807, 2.05) is 0 Å². The van der Waals surface area contributed by atoms with Crippen LogP contribution in [0.3, 0.4) is 0 Å². The Balaban J connectivity index is -0.0000000267. The Morgan fingerprint density at radius 1 is 1.12 bits per heavy atom. The molecule has 0 heterocycles. The summed E-state index contributed by atoms with van der Waals surface area (Å²) >= 11 is 0. The fraction of sp³-hybridized carbons (Fsp3) is 0. The number of rotatable bonds is 0. The maximum absolute atomic E-state index is 8.88. The number of hydrogen-bond donors (Lipinski definition) is 3. The van der Waals surface area contributed by atoms with E-state index >= 15 is 0 Å². The van der Waals surface area contributed by atoms with Crippen molar-refractivity contribution in [1.29, 1.82) is 0 Å². The Hall–Kier alpha value is 1.95. The Morgan fingerprint density at radius 3 is 1.12 bits per heavy atom. The molecule has 0 bridgehead atoms. The van der Waals surface area contributed by atoms with Crippen molar-refractivity contribution in [2.45, 2.75) is 0 Å². The van der Waals surface area contributed by atoms with Gasteiger partial charge in [0.1, 0.15) is 0 Å². The van der Waals surface area contributed by atoms with Crippen molar-refractivity contribution < 1.29 is 44.2 Å². The first kappa shape index (κ1) is 22.5. The summed E-state index contributed by atoms with van der Waals surface area (Å²) in [6.07, 6.45) is 0. The fourth-order valence-corrected chi connectivity index (χ4v) is 0. The summed E-state index contributed by atoms with van der Waals surface area (Å²) in [4.78, 5) is 21.6. The molecule has 8 heteroatoms. The van der Waals surface area contributed by atoms with Crippen molar-refractivity contribution in [3.63, 3.8) is 0 Å². The molecule has 0 aromatic heterocycles. The quantitative estimate of drug-likeness (QED) is 0.307. The maximum atomic E-state index is 8.88. The fourth-order valence-electron chi connectivity index (χ4n) is 0. The van der Waals surface area contributed by atoms with Crippen LogP contribution >= 0.6 is 7.82 Å². The summed E-state index contributed by atoms with van der Waals surface area (Å²) < 4.78 is 8.88. The molecule has 0 aliphatic carbocycles. The van der Waals surface area contributed by atoms with Crippen molar-refractivity contribution >= 4 is 45.6 Å². The largest absolute Gasteiger partial charge is 0 e. The Labute approximate surface area is 88.8 Å². The van der Waals surface area contributed by atoms with Gasteiger partial charge >= 0.3 is 45.6 Å². The zero-order chi connectivity index (χ0) is 4.50. The standard InChI is InChI=1S/Ca.H3O4P.H2O.Zn.2H/c;1-5(2,3)4;;;;/h;(H3,1,2,3,4);1H2;;;. The molecule has 0 aliphatic heterocycles. The van der Waals surface area contributed by atoms with Gasteiger partial charge in [-0.1, -0.05) is 0 Å².